The molecule has 0 radical (unpaired) electrons. The molecule has 0 saturated heterocycles. The molecule has 1 unspecified atom stereocenters. The summed E-state index contributed by atoms with van der Waals surface area (Å²) in [6.45, 7) is 4.23. The van der Waals surface area contributed by atoms with E-state index in [9.17, 15) is 0 Å². The first-order chi connectivity index (χ1) is 6.38. The minimum atomic E-state index is 0.601. The van der Waals surface area contributed by atoms with Crippen LogP contribution in [0.2, 0.25) is 0 Å². The SMILES string of the molecule is CC1CCN=C/C=C2/CCCN=C21. The van der Waals surface area contributed by atoms with Crippen molar-refractivity contribution in [3.8, 4) is 0 Å². The lowest BCUT2D eigenvalue weighted by Crippen LogP contribution is -2.20. The molecule has 2 aliphatic rings. The Morgan fingerprint density at radius 3 is 3.23 bits per heavy atom. The maximum Gasteiger partial charge on any atom is 0.0409 e. The van der Waals surface area contributed by atoms with Gasteiger partial charge in [0.2, 0.25) is 0 Å². The molecule has 0 aliphatic carbocycles. The first-order valence-electron chi connectivity index (χ1n) is 5.11. The molecule has 13 heavy (non-hydrogen) atoms. The second kappa shape index (κ2) is 3.86. The molecule has 0 saturated carbocycles. The summed E-state index contributed by atoms with van der Waals surface area (Å²) in [6.07, 6.45) is 7.63. The van der Waals surface area contributed by atoms with E-state index in [1.54, 1.807) is 0 Å². The maximum atomic E-state index is 4.62. The van der Waals surface area contributed by atoms with Gasteiger partial charge in [-0.1, -0.05) is 6.92 Å². The lowest BCUT2D eigenvalue weighted by Gasteiger charge is -2.21. The van der Waals surface area contributed by atoms with Crippen LogP contribution in [0.1, 0.15) is 26.2 Å². The Morgan fingerprint density at radius 1 is 1.38 bits per heavy atom. The zero-order chi connectivity index (χ0) is 9.10. The second-order valence-corrected chi connectivity index (χ2v) is 3.81. The number of fused-ring (bicyclic) bond motifs is 1. The van der Waals surface area contributed by atoms with Gasteiger partial charge in [-0.3, -0.25) is 9.98 Å². The fourth-order valence-corrected chi connectivity index (χ4v) is 1.96. The minimum Gasteiger partial charge on any atom is -0.293 e. The Kier molecular flexibility index (Phi) is 2.57. The van der Waals surface area contributed by atoms with Gasteiger partial charge in [-0.15, -0.1) is 0 Å². The van der Waals surface area contributed by atoms with Gasteiger partial charge in [0.15, 0.2) is 0 Å². The average molecular weight is 176 g/mol. The highest BCUT2D eigenvalue weighted by molar-refractivity contribution is 6.04. The monoisotopic (exact) mass is 176 g/mol. The van der Waals surface area contributed by atoms with Crippen molar-refractivity contribution in [3.63, 3.8) is 0 Å². The maximum absolute atomic E-state index is 4.62. The number of aliphatic imine (C=N–C) groups is 2. The predicted molar refractivity (Wildman–Crippen MR) is 56.8 cm³/mol. The molecule has 0 N–H and O–H groups in total. The molecule has 0 aromatic rings. The van der Waals surface area contributed by atoms with E-state index in [2.05, 4.69) is 23.0 Å². The molecule has 0 amide bonds. The lowest BCUT2D eigenvalue weighted by molar-refractivity contribution is 0.670. The van der Waals surface area contributed by atoms with Gasteiger partial charge in [0.05, 0.1) is 0 Å². The van der Waals surface area contributed by atoms with Crippen molar-refractivity contribution in [2.45, 2.75) is 26.2 Å². The molecule has 0 aromatic carbocycles. The van der Waals surface area contributed by atoms with Crippen LogP contribution in [0, 0.1) is 5.92 Å². The van der Waals surface area contributed by atoms with Crippen molar-refractivity contribution in [2.75, 3.05) is 13.1 Å². The van der Waals surface area contributed by atoms with Crippen molar-refractivity contribution < 1.29 is 0 Å². The second-order valence-electron chi connectivity index (χ2n) is 3.81. The molecule has 0 fully saturated rings. The zero-order valence-corrected chi connectivity index (χ0v) is 8.16. The lowest BCUT2D eigenvalue weighted by atomic mass is 9.90. The van der Waals surface area contributed by atoms with E-state index >= 15 is 0 Å². The van der Waals surface area contributed by atoms with Crippen molar-refractivity contribution in [3.05, 3.63) is 11.6 Å². The summed E-state index contributed by atoms with van der Waals surface area (Å²) in [5, 5.41) is 0. The van der Waals surface area contributed by atoms with E-state index in [0.717, 1.165) is 19.5 Å². The van der Waals surface area contributed by atoms with Crippen LogP contribution >= 0.6 is 0 Å². The molecular weight excluding hydrogens is 160 g/mol. The quantitative estimate of drug-likeness (QED) is 0.541. The normalized spacial score (nSPS) is 32.2. The molecule has 2 rings (SSSR count). The third-order valence-electron chi connectivity index (χ3n) is 2.75. The van der Waals surface area contributed by atoms with E-state index < -0.39 is 0 Å². The molecule has 0 aromatic heterocycles. The number of hydrogen-bond acceptors (Lipinski definition) is 2. The van der Waals surface area contributed by atoms with Crippen LogP contribution in [0.3, 0.4) is 0 Å². The van der Waals surface area contributed by atoms with Crippen LogP contribution in [0.25, 0.3) is 0 Å². The van der Waals surface area contributed by atoms with E-state index in [4.69, 9.17) is 0 Å². The molecule has 2 nitrogen and oxygen atoms in total. The molecule has 70 valence electrons. The Balaban J connectivity index is 2.30. The summed E-state index contributed by atoms with van der Waals surface area (Å²) >= 11 is 0. The smallest absolute Gasteiger partial charge is 0.0409 e. The number of allylic oxidation sites excluding steroid dienone is 2. The van der Waals surface area contributed by atoms with Crippen LogP contribution in [0.4, 0.5) is 0 Å². The summed E-state index contributed by atoms with van der Waals surface area (Å²) in [7, 11) is 0. The van der Waals surface area contributed by atoms with Crippen LogP contribution in [0.15, 0.2) is 21.6 Å². The van der Waals surface area contributed by atoms with Crippen molar-refractivity contribution in [1.29, 1.82) is 0 Å². The summed E-state index contributed by atoms with van der Waals surface area (Å²) < 4.78 is 0. The summed E-state index contributed by atoms with van der Waals surface area (Å²) in [6, 6.07) is 0. The molecule has 2 heteroatoms. The van der Waals surface area contributed by atoms with Crippen molar-refractivity contribution >= 4 is 11.9 Å². The molecule has 0 bridgehead atoms. The molecule has 2 heterocycles. The number of hydrogen-bond donors (Lipinski definition) is 0. The van der Waals surface area contributed by atoms with E-state index in [-0.39, 0.29) is 0 Å². The molecule has 1 atom stereocenters. The van der Waals surface area contributed by atoms with Crippen LogP contribution < -0.4 is 0 Å². The average Bonchev–Trinajstić information content (AvgIpc) is 2.14. The van der Waals surface area contributed by atoms with E-state index in [1.807, 2.05) is 6.21 Å². The van der Waals surface area contributed by atoms with E-state index in [0.29, 0.717) is 5.92 Å². The van der Waals surface area contributed by atoms with Crippen molar-refractivity contribution in [1.82, 2.24) is 0 Å². The fraction of sp³-hybridized carbons (Fsp3) is 0.636. The zero-order valence-electron chi connectivity index (χ0n) is 8.16. The Labute approximate surface area is 79.5 Å². The first kappa shape index (κ1) is 8.67. The summed E-state index contributed by atoms with van der Waals surface area (Å²) in [5.74, 6) is 0.601. The predicted octanol–water partition coefficient (Wildman–Crippen LogP) is 2.26. The highest BCUT2D eigenvalue weighted by Gasteiger charge is 2.18. The summed E-state index contributed by atoms with van der Waals surface area (Å²) in [5.41, 5.74) is 2.76. The fourth-order valence-electron chi connectivity index (χ4n) is 1.96. The molecular formula is C11H16N2. The van der Waals surface area contributed by atoms with Crippen LogP contribution in [-0.4, -0.2) is 25.0 Å². The largest absolute Gasteiger partial charge is 0.293 e. The van der Waals surface area contributed by atoms with Crippen LogP contribution in [0.5, 0.6) is 0 Å². The Bertz CT molecular complexity index is 274. The standard InChI is InChI=1S/C11H16N2/c1-9-4-7-12-8-5-10-3-2-6-13-11(9)10/h5,8-9H,2-4,6-7H2,1H3/b10-5-,12-8?. The van der Waals surface area contributed by atoms with Gasteiger partial charge in [0.1, 0.15) is 0 Å². The Hall–Kier alpha value is -0.920. The third kappa shape index (κ3) is 1.87. The molecule has 0 spiro atoms. The van der Waals surface area contributed by atoms with Crippen LogP contribution in [-0.2, 0) is 0 Å². The molecule has 2 aliphatic heterocycles. The van der Waals surface area contributed by atoms with Gasteiger partial charge in [0, 0.05) is 25.0 Å². The summed E-state index contributed by atoms with van der Waals surface area (Å²) in [4.78, 5) is 8.94. The van der Waals surface area contributed by atoms with Crippen molar-refractivity contribution in [2.24, 2.45) is 15.9 Å². The van der Waals surface area contributed by atoms with Gasteiger partial charge in [-0.05, 0) is 36.8 Å². The highest BCUT2D eigenvalue weighted by Crippen LogP contribution is 2.21. The van der Waals surface area contributed by atoms with Gasteiger partial charge in [-0.25, -0.2) is 0 Å². The number of rotatable bonds is 0. The van der Waals surface area contributed by atoms with Gasteiger partial charge in [0.25, 0.3) is 0 Å². The Morgan fingerprint density at radius 2 is 2.31 bits per heavy atom. The minimum absolute atomic E-state index is 0.601. The van der Waals surface area contributed by atoms with Gasteiger partial charge < -0.3 is 0 Å². The topological polar surface area (TPSA) is 24.7 Å². The first-order valence-corrected chi connectivity index (χ1v) is 5.11. The van der Waals surface area contributed by atoms with Gasteiger partial charge in [-0.2, -0.15) is 0 Å². The van der Waals surface area contributed by atoms with E-state index in [1.165, 1.54) is 24.1 Å². The third-order valence-corrected chi connectivity index (χ3v) is 2.75. The van der Waals surface area contributed by atoms with Gasteiger partial charge >= 0.3 is 0 Å². The number of nitrogens with zero attached hydrogens (tertiary/aromatic N) is 2. The highest BCUT2D eigenvalue weighted by atomic mass is 14.8.